The van der Waals surface area contributed by atoms with Crippen molar-refractivity contribution in [3.63, 3.8) is 0 Å². The van der Waals surface area contributed by atoms with Crippen molar-refractivity contribution >= 4 is 0 Å². The summed E-state index contributed by atoms with van der Waals surface area (Å²) in [6.45, 7) is 4.23. The van der Waals surface area contributed by atoms with E-state index in [0.717, 1.165) is 19.8 Å². The number of rotatable bonds is 3. The van der Waals surface area contributed by atoms with Crippen LogP contribution in [0.25, 0.3) is 0 Å². The average Bonchev–Trinajstić information content (AvgIpc) is 3.00. The first-order valence-corrected chi connectivity index (χ1v) is 8.30. The molecule has 2 bridgehead atoms. The van der Waals surface area contributed by atoms with Gasteiger partial charge in [0.25, 0.3) is 5.92 Å². The second kappa shape index (κ2) is 14.5. The van der Waals surface area contributed by atoms with Crippen molar-refractivity contribution < 1.29 is 35.8 Å². The van der Waals surface area contributed by atoms with E-state index in [0.29, 0.717) is 37.8 Å². The molecule has 0 aromatic rings. The van der Waals surface area contributed by atoms with Crippen molar-refractivity contribution in [2.75, 3.05) is 13.9 Å². The third-order valence-corrected chi connectivity index (χ3v) is 5.54. The second-order valence-electron chi connectivity index (χ2n) is 7.55. The van der Waals surface area contributed by atoms with Gasteiger partial charge in [-0.15, -0.1) is 0 Å². The van der Waals surface area contributed by atoms with Gasteiger partial charge in [0.1, 0.15) is 0 Å². The lowest BCUT2D eigenvalue weighted by molar-refractivity contribution is -0.260. The van der Waals surface area contributed by atoms with Crippen LogP contribution < -0.4 is 0 Å². The van der Waals surface area contributed by atoms with Crippen molar-refractivity contribution in [1.29, 1.82) is 0 Å². The normalized spacial score (nSPS) is 29.1. The van der Waals surface area contributed by atoms with Crippen LogP contribution in [-0.4, -0.2) is 36.7 Å². The van der Waals surface area contributed by atoms with Gasteiger partial charge in [-0.25, -0.2) is 13.2 Å². The summed E-state index contributed by atoms with van der Waals surface area (Å²) in [5.41, 5.74) is -2.52. The topological polar surface area (TPSA) is 20.2 Å². The smallest absolute Gasteiger partial charge is 0.381 e. The predicted octanol–water partition coefficient (Wildman–Crippen LogP) is 8.36. The summed E-state index contributed by atoms with van der Waals surface area (Å²) in [6.07, 6.45) is -2.72. The zero-order valence-corrected chi connectivity index (χ0v) is 15.3. The number of fused-ring (bicyclic) bond motifs is 2. The molecule has 2 aliphatic rings. The van der Waals surface area contributed by atoms with Crippen molar-refractivity contribution in [3.05, 3.63) is 0 Å². The van der Waals surface area contributed by atoms with Crippen LogP contribution in [0.3, 0.4) is 0 Å². The summed E-state index contributed by atoms with van der Waals surface area (Å²) in [7, 11) is 0.500. The number of hydrogen-bond acceptors (Lipinski definition) is 1. The third kappa shape index (κ3) is 10.9. The average molecular weight is 447 g/mol. The van der Waals surface area contributed by atoms with Gasteiger partial charge in [-0.05, 0) is 55.8 Å². The highest BCUT2D eigenvalue weighted by atomic mass is 19.4. The molecule has 29 heavy (non-hydrogen) atoms. The van der Waals surface area contributed by atoms with Gasteiger partial charge in [0.05, 0.1) is 7.18 Å². The van der Waals surface area contributed by atoms with Crippen LogP contribution in [0, 0.1) is 29.6 Å². The number of aliphatic hydroxyl groups is 1. The minimum atomic E-state index is -4.51. The lowest BCUT2D eigenvalue weighted by atomic mass is 9.72. The molecule has 8 heteroatoms. The first kappa shape index (κ1) is 39.0. The van der Waals surface area contributed by atoms with Crippen LogP contribution >= 0.6 is 0 Å². The van der Waals surface area contributed by atoms with Crippen LogP contribution in [0.5, 0.6) is 0 Å². The van der Waals surface area contributed by atoms with Gasteiger partial charge in [0.2, 0.25) is 0 Å². The van der Waals surface area contributed by atoms with Crippen molar-refractivity contribution in [2.24, 2.45) is 29.6 Å². The van der Waals surface area contributed by atoms with E-state index in [1.165, 1.54) is 0 Å². The van der Waals surface area contributed by atoms with Crippen LogP contribution in [0.15, 0.2) is 0 Å². The van der Waals surface area contributed by atoms with Crippen molar-refractivity contribution in [1.82, 2.24) is 0 Å². The van der Waals surface area contributed by atoms with Crippen LogP contribution in [0.2, 0.25) is 0 Å². The Labute approximate surface area is 174 Å². The predicted molar refractivity (Wildman–Crippen MR) is 110 cm³/mol. The molecule has 6 unspecified atom stereocenters. The van der Waals surface area contributed by atoms with Gasteiger partial charge in [0, 0.05) is 6.92 Å². The largest absolute Gasteiger partial charge is 0.416 e. The number of halogens is 7. The summed E-state index contributed by atoms with van der Waals surface area (Å²) in [5, 5.41) is 9.57. The zero-order valence-electron chi connectivity index (χ0n) is 15.3. The molecule has 1 nitrogen and oxygen atoms in total. The monoisotopic (exact) mass is 446 g/mol. The van der Waals surface area contributed by atoms with E-state index in [2.05, 4.69) is 13.8 Å². The van der Waals surface area contributed by atoms with Gasteiger partial charge < -0.3 is 5.11 Å². The number of hydrogen-bond donors (Lipinski definition) is 1. The van der Waals surface area contributed by atoms with E-state index < -0.39 is 24.4 Å². The fourth-order valence-electron chi connectivity index (χ4n) is 3.96. The first-order valence-electron chi connectivity index (χ1n) is 8.30. The summed E-state index contributed by atoms with van der Waals surface area (Å²) in [4.78, 5) is 0. The van der Waals surface area contributed by atoms with Gasteiger partial charge in [-0.3, -0.25) is 4.39 Å². The van der Waals surface area contributed by atoms with Crippen LogP contribution in [0.4, 0.5) is 30.7 Å². The maximum atomic E-state index is 12.7. The summed E-state index contributed by atoms with van der Waals surface area (Å²) < 4.78 is 80.4. The summed E-state index contributed by atoms with van der Waals surface area (Å²) in [6, 6.07) is 0. The van der Waals surface area contributed by atoms with Crippen molar-refractivity contribution in [2.45, 2.75) is 94.4 Å². The fraction of sp³-hybridized carbons (Fsp3) is 1.00. The standard InChI is InChI=1S/C13H21F3O.C3H5F3.CH3F.4CH4/c1-7-8(2)11-5-9(7)4-10(11)6-12(3,17)13(14,15)16;1-3(5,6)2-4;1-2;;;;/h7-11,17H,4-6H2,1-3H3;2H2,1H3;1H3;4*1H4. The van der Waals surface area contributed by atoms with Crippen LogP contribution in [-0.2, 0) is 0 Å². The molecule has 0 saturated heterocycles. The summed E-state index contributed by atoms with van der Waals surface area (Å²) >= 11 is 0. The minimum absolute atomic E-state index is 0. The molecule has 0 aromatic carbocycles. The summed E-state index contributed by atoms with van der Waals surface area (Å²) in [5.74, 6) is -0.995. The Balaban J connectivity index is -0.000000140. The highest BCUT2D eigenvalue weighted by Crippen LogP contribution is 2.57. The fourth-order valence-corrected chi connectivity index (χ4v) is 3.96. The van der Waals surface area contributed by atoms with E-state index in [-0.39, 0.29) is 42.0 Å². The maximum Gasteiger partial charge on any atom is 0.416 e. The quantitative estimate of drug-likeness (QED) is 0.432. The first-order chi connectivity index (χ1) is 11.2. The molecule has 0 spiro atoms. The second-order valence-corrected chi connectivity index (χ2v) is 7.55. The molecule has 6 atom stereocenters. The molecule has 2 fully saturated rings. The lowest BCUT2D eigenvalue weighted by Crippen LogP contribution is -2.45. The van der Waals surface area contributed by atoms with Gasteiger partial charge >= 0.3 is 6.18 Å². The van der Waals surface area contributed by atoms with Gasteiger partial charge in [-0.2, -0.15) is 13.2 Å². The van der Waals surface area contributed by atoms with E-state index in [9.17, 15) is 35.8 Å². The highest BCUT2D eigenvalue weighted by Gasteiger charge is 2.55. The van der Waals surface area contributed by atoms with E-state index in [1.54, 1.807) is 0 Å². The molecule has 0 aliphatic heterocycles. The van der Waals surface area contributed by atoms with E-state index in [1.807, 2.05) is 0 Å². The molecule has 1 N–H and O–H groups in total. The lowest BCUT2D eigenvalue weighted by Gasteiger charge is -2.36. The Bertz CT molecular complexity index is 389. The Hall–Kier alpha value is -0.530. The molecule has 0 aromatic heterocycles. The molecule has 0 amide bonds. The van der Waals surface area contributed by atoms with Crippen molar-refractivity contribution in [3.8, 4) is 0 Å². The zero-order chi connectivity index (χ0) is 20.2. The van der Waals surface area contributed by atoms with E-state index in [4.69, 9.17) is 0 Å². The molecule has 184 valence electrons. The molecule has 2 saturated carbocycles. The Morgan fingerprint density at radius 3 is 1.45 bits per heavy atom. The Morgan fingerprint density at radius 1 is 0.828 bits per heavy atom. The molecular weight excluding hydrogens is 401 g/mol. The third-order valence-electron chi connectivity index (χ3n) is 5.54. The molecular formula is C21H45F7O. The molecule has 2 rings (SSSR count). The minimum Gasteiger partial charge on any atom is -0.381 e. The molecule has 2 aliphatic carbocycles. The SMILES string of the molecule is C.C.C.C.CC(F)(F)CF.CC1C2CC(CC(C)(O)C(F)(F)F)C(C2)C1C.CF. The number of alkyl halides is 7. The Morgan fingerprint density at radius 2 is 1.21 bits per heavy atom. The Kier molecular flexibility index (Phi) is 19.5. The van der Waals surface area contributed by atoms with Crippen LogP contribution in [0.1, 0.15) is 76.7 Å². The maximum absolute atomic E-state index is 12.7. The van der Waals surface area contributed by atoms with E-state index >= 15 is 0 Å². The molecule has 0 heterocycles. The van der Waals surface area contributed by atoms with Gasteiger partial charge in [0.15, 0.2) is 12.3 Å². The molecule has 0 radical (unpaired) electrons. The highest BCUT2D eigenvalue weighted by molar-refractivity contribution is 5.00. The van der Waals surface area contributed by atoms with Gasteiger partial charge in [-0.1, -0.05) is 43.6 Å².